The molecule has 0 saturated carbocycles. The zero-order valence-electron chi connectivity index (χ0n) is 7.62. The summed E-state index contributed by atoms with van der Waals surface area (Å²) < 4.78 is 10.1. The largest absolute Gasteiger partial charge is 0.381 e. The second kappa shape index (κ2) is 5.94. The van der Waals surface area contributed by atoms with E-state index in [4.69, 9.17) is 20.9 Å². The maximum Gasteiger partial charge on any atom is 0.227 e. The molecule has 0 aliphatic carbocycles. The molecule has 0 spiro atoms. The minimum absolute atomic E-state index is 0.507. The predicted molar refractivity (Wildman–Crippen MR) is 48.9 cm³/mol. The molecule has 1 rings (SSSR count). The number of aromatic nitrogens is 2. The third kappa shape index (κ3) is 3.74. The Balaban J connectivity index is 2.31. The molecule has 0 N–H and O–H groups in total. The van der Waals surface area contributed by atoms with Gasteiger partial charge in [-0.2, -0.15) is 4.98 Å². The van der Waals surface area contributed by atoms with E-state index in [2.05, 4.69) is 10.1 Å². The van der Waals surface area contributed by atoms with E-state index >= 15 is 0 Å². The molecule has 0 aliphatic rings. The van der Waals surface area contributed by atoms with Crippen LogP contribution >= 0.6 is 11.6 Å². The predicted octanol–water partition coefficient (Wildman–Crippen LogP) is 1.43. The van der Waals surface area contributed by atoms with Crippen LogP contribution in [0.4, 0.5) is 0 Å². The number of hydrogen-bond acceptors (Lipinski definition) is 4. The summed E-state index contributed by atoms with van der Waals surface area (Å²) in [5, 5.41) is 3.78. The van der Waals surface area contributed by atoms with Crippen LogP contribution < -0.4 is 0 Å². The number of hydrogen-bond donors (Lipinski definition) is 0. The summed E-state index contributed by atoms with van der Waals surface area (Å²) in [6, 6.07) is 0. The van der Waals surface area contributed by atoms with Gasteiger partial charge in [0.1, 0.15) is 0 Å². The number of alkyl halides is 1. The van der Waals surface area contributed by atoms with Crippen LogP contribution in [0.1, 0.15) is 18.6 Å². The monoisotopic (exact) mass is 204 g/mol. The summed E-state index contributed by atoms with van der Waals surface area (Å²) in [4.78, 5) is 4.13. The molecule has 5 heteroatoms. The van der Waals surface area contributed by atoms with Crippen molar-refractivity contribution in [3.05, 3.63) is 11.7 Å². The highest BCUT2D eigenvalue weighted by Gasteiger charge is 2.04. The van der Waals surface area contributed by atoms with Gasteiger partial charge in [0, 0.05) is 25.3 Å². The van der Waals surface area contributed by atoms with E-state index in [0.29, 0.717) is 43.7 Å². The zero-order chi connectivity index (χ0) is 9.52. The highest BCUT2D eigenvalue weighted by molar-refractivity contribution is 6.17. The molecular formula is C8H13ClN2O2. The fourth-order valence-electron chi connectivity index (χ4n) is 0.882. The zero-order valence-corrected chi connectivity index (χ0v) is 8.38. The van der Waals surface area contributed by atoms with E-state index in [-0.39, 0.29) is 0 Å². The van der Waals surface area contributed by atoms with Gasteiger partial charge in [-0.15, -0.1) is 11.6 Å². The van der Waals surface area contributed by atoms with Gasteiger partial charge in [-0.25, -0.2) is 0 Å². The van der Waals surface area contributed by atoms with Gasteiger partial charge in [0.15, 0.2) is 5.82 Å². The lowest BCUT2D eigenvalue weighted by atomic mass is 10.4. The van der Waals surface area contributed by atoms with Crippen molar-refractivity contribution in [2.75, 3.05) is 19.1 Å². The normalized spacial score (nSPS) is 10.6. The second-order valence-electron chi connectivity index (χ2n) is 2.49. The molecule has 0 unspecified atom stereocenters. The summed E-state index contributed by atoms with van der Waals surface area (Å²) in [5.41, 5.74) is 0. The van der Waals surface area contributed by atoms with Crippen molar-refractivity contribution < 1.29 is 9.26 Å². The van der Waals surface area contributed by atoms with Gasteiger partial charge in [-0.1, -0.05) is 5.16 Å². The fraction of sp³-hybridized carbons (Fsp3) is 0.750. The van der Waals surface area contributed by atoms with E-state index in [0.717, 1.165) is 0 Å². The lowest BCUT2D eigenvalue weighted by molar-refractivity contribution is 0.149. The maximum absolute atomic E-state index is 5.52. The lowest BCUT2D eigenvalue weighted by Crippen LogP contribution is -1.99. The second-order valence-corrected chi connectivity index (χ2v) is 2.87. The SMILES string of the molecule is CCOCCc1noc(CCCl)n1. The number of aryl methyl sites for hydroxylation is 1. The van der Waals surface area contributed by atoms with Crippen molar-refractivity contribution in [3.63, 3.8) is 0 Å². The summed E-state index contributed by atoms with van der Waals surface area (Å²) in [6.45, 7) is 3.30. The molecule has 0 radical (unpaired) electrons. The molecule has 0 amide bonds. The van der Waals surface area contributed by atoms with Crippen molar-refractivity contribution in [2.24, 2.45) is 0 Å². The van der Waals surface area contributed by atoms with Crippen molar-refractivity contribution in [3.8, 4) is 0 Å². The molecule has 0 aromatic carbocycles. The van der Waals surface area contributed by atoms with Crippen LogP contribution in [-0.2, 0) is 17.6 Å². The lowest BCUT2D eigenvalue weighted by Gasteiger charge is -1.94. The Hall–Kier alpha value is -0.610. The van der Waals surface area contributed by atoms with Crippen LogP contribution in [0, 0.1) is 0 Å². The van der Waals surface area contributed by atoms with Gasteiger partial charge >= 0.3 is 0 Å². The first-order valence-corrected chi connectivity index (χ1v) is 4.85. The van der Waals surface area contributed by atoms with Gasteiger partial charge < -0.3 is 9.26 Å². The Bertz CT molecular complexity index is 240. The van der Waals surface area contributed by atoms with Crippen LogP contribution in [0.5, 0.6) is 0 Å². The minimum Gasteiger partial charge on any atom is -0.381 e. The molecule has 0 saturated heterocycles. The first-order valence-electron chi connectivity index (χ1n) is 4.32. The average molecular weight is 205 g/mol. The Morgan fingerprint density at radius 1 is 1.46 bits per heavy atom. The Labute approximate surface area is 82.2 Å². The van der Waals surface area contributed by atoms with Gasteiger partial charge in [-0.05, 0) is 6.92 Å². The first kappa shape index (κ1) is 10.5. The minimum atomic E-state index is 0.507. The van der Waals surface area contributed by atoms with Crippen LogP contribution in [-0.4, -0.2) is 29.2 Å². The smallest absolute Gasteiger partial charge is 0.227 e. The first-order chi connectivity index (χ1) is 6.36. The number of halogens is 1. The number of nitrogens with zero attached hydrogens (tertiary/aromatic N) is 2. The fourth-order valence-corrected chi connectivity index (χ4v) is 1.04. The van der Waals surface area contributed by atoms with Crippen molar-refractivity contribution in [2.45, 2.75) is 19.8 Å². The Morgan fingerprint density at radius 3 is 3.00 bits per heavy atom. The third-order valence-corrected chi connectivity index (χ3v) is 1.68. The molecular weight excluding hydrogens is 192 g/mol. The van der Waals surface area contributed by atoms with Crippen molar-refractivity contribution in [1.29, 1.82) is 0 Å². The van der Waals surface area contributed by atoms with E-state index in [9.17, 15) is 0 Å². The molecule has 1 heterocycles. The van der Waals surface area contributed by atoms with Crippen molar-refractivity contribution >= 4 is 11.6 Å². The van der Waals surface area contributed by atoms with E-state index in [1.807, 2.05) is 6.92 Å². The highest BCUT2D eigenvalue weighted by Crippen LogP contribution is 2.00. The molecule has 1 aromatic heterocycles. The van der Waals surface area contributed by atoms with Gasteiger partial charge in [0.2, 0.25) is 5.89 Å². The molecule has 0 atom stereocenters. The molecule has 0 aliphatic heterocycles. The molecule has 74 valence electrons. The van der Waals surface area contributed by atoms with Crippen LogP contribution in [0.3, 0.4) is 0 Å². The van der Waals surface area contributed by atoms with Gasteiger partial charge in [0.05, 0.1) is 6.61 Å². The van der Waals surface area contributed by atoms with Crippen LogP contribution in [0.2, 0.25) is 0 Å². The topological polar surface area (TPSA) is 48.2 Å². The summed E-state index contributed by atoms with van der Waals surface area (Å²) in [6.07, 6.45) is 1.32. The van der Waals surface area contributed by atoms with Crippen LogP contribution in [0.15, 0.2) is 4.52 Å². The molecule has 1 aromatic rings. The summed E-state index contributed by atoms with van der Waals surface area (Å²) >= 11 is 5.52. The maximum atomic E-state index is 5.52. The number of rotatable bonds is 6. The molecule has 13 heavy (non-hydrogen) atoms. The van der Waals surface area contributed by atoms with E-state index in [1.54, 1.807) is 0 Å². The number of ether oxygens (including phenoxy) is 1. The van der Waals surface area contributed by atoms with Crippen molar-refractivity contribution in [1.82, 2.24) is 10.1 Å². The molecule has 0 bridgehead atoms. The van der Waals surface area contributed by atoms with Gasteiger partial charge in [0.25, 0.3) is 0 Å². The molecule has 0 fully saturated rings. The van der Waals surface area contributed by atoms with E-state index < -0.39 is 0 Å². The quantitative estimate of drug-likeness (QED) is 0.520. The highest BCUT2D eigenvalue weighted by atomic mass is 35.5. The standard InChI is InChI=1S/C8H13ClN2O2/c1-2-12-6-4-7-10-8(3-5-9)13-11-7/h2-6H2,1H3. The summed E-state index contributed by atoms with van der Waals surface area (Å²) in [5.74, 6) is 1.79. The third-order valence-electron chi connectivity index (χ3n) is 1.49. The van der Waals surface area contributed by atoms with E-state index in [1.165, 1.54) is 0 Å². The Kier molecular flexibility index (Phi) is 4.78. The molecule has 4 nitrogen and oxygen atoms in total. The Morgan fingerprint density at radius 2 is 2.31 bits per heavy atom. The average Bonchev–Trinajstić information content (AvgIpc) is 2.54. The van der Waals surface area contributed by atoms with Crippen LogP contribution in [0.25, 0.3) is 0 Å². The summed E-state index contributed by atoms with van der Waals surface area (Å²) in [7, 11) is 0. The van der Waals surface area contributed by atoms with Gasteiger partial charge in [-0.3, -0.25) is 0 Å².